The second kappa shape index (κ2) is 6.84. The molecule has 1 fully saturated rings. The summed E-state index contributed by atoms with van der Waals surface area (Å²) in [6.07, 6.45) is 5.70. The Bertz CT molecular complexity index is 589. The molecule has 22 heavy (non-hydrogen) atoms. The standard InChI is InChI=1S/C19H22O3/c20-16-9-4-14(5-10-16)6-13-18-2-1-3-19(22-18)15-7-11-17(21)12-8-15/h4-5,7-12,18-21H,1-3,6,13H2. The van der Waals surface area contributed by atoms with Crippen LogP contribution in [0.25, 0.3) is 0 Å². The molecule has 3 heteroatoms. The fraction of sp³-hybridized carbons (Fsp3) is 0.368. The third-order valence-corrected chi connectivity index (χ3v) is 4.31. The lowest BCUT2D eigenvalue weighted by molar-refractivity contribution is -0.0546. The van der Waals surface area contributed by atoms with Gasteiger partial charge in [0.1, 0.15) is 11.5 Å². The molecule has 0 aromatic heterocycles. The number of hydrogen-bond donors (Lipinski definition) is 2. The van der Waals surface area contributed by atoms with Gasteiger partial charge in [0, 0.05) is 0 Å². The average Bonchev–Trinajstić information content (AvgIpc) is 2.55. The summed E-state index contributed by atoms with van der Waals surface area (Å²) in [5, 5.41) is 18.7. The molecule has 3 rings (SSSR count). The Morgan fingerprint density at radius 1 is 0.864 bits per heavy atom. The number of benzene rings is 2. The first-order valence-electron chi connectivity index (χ1n) is 7.93. The van der Waals surface area contributed by atoms with Crippen molar-refractivity contribution < 1.29 is 14.9 Å². The van der Waals surface area contributed by atoms with Crippen LogP contribution in [-0.4, -0.2) is 16.3 Å². The quantitative estimate of drug-likeness (QED) is 0.882. The Morgan fingerprint density at radius 2 is 1.50 bits per heavy atom. The van der Waals surface area contributed by atoms with Crippen molar-refractivity contribution in [3.8, 4) is 11.5 Å². The van der Waals surface area contributed by atoms with Crippen LogP contribution in [0.4, 0.5) is 0 Å². The lowest BCUT2D eigenvalue weighted by atomic mass is 9.95. The van der Waals surface area contributed by atoms with Gasteiger partial charge in [-0.25, -0.2) is 0 Å². The normalized spacial score (nSPS) is 21.6. The van der Waals surface area contributed by atoms with Crippen LogP contribution >= 0.6 is 0 Å². The van der Waals surface area contributed by atoms with Crippen molar-refractivity contribution in [1.82, 2.24) is 0 Å². The highest BCUT2D eigenvalue weighted by Crippen LogP contribution is 2.33. The fourth-order valence-corrected chi connectivity index (χ4v) is 3.04. The molecule has 1 heterocycles. The van der Waals surface area contributed by atoms with Gasteiger partial charge < -0.3 is 14.9 Å². The van der Waals surface area contributed by atoms with Crippen molar-refractivity contribution in [3.63, 3.8) is 0 Å². The van der Waals surface area contributed by atoms with E-state index in [4.69, 9.17) is 4.74 Å². The summed E-state index contributed by atoms with van der Waals surface area (Å²) in [6, 6.07) is 14.7. The van der Waals surface area contributed by atoms with Gasteiger partial charge in [0.05, 0.1) is 12.2 Å². The molecule has 0 saturated carbocycles. The Kier molecular flexibility index (Phi) is 4.64. The molecule has 0 spiro atoms. The number of hydrogen-bond acceptors (Lipinski definition) is 3. The molecule has 1 aliphatic rings. The zero-order valence-corrected chi connectivity index (χ0v) is 12.6. The van der Waals surface area contributed by atoms with E-state index in [-0.39, 0.29) is 12.2 Å². The van der Waals surface area contributed by atoms with Crippen LogP contribution in [0.5, 0.6) is 11.5 Å². The van der Waals surface area contributed by atoms with Crippen molar-refractivity contribution in [1.29, 1.82) is 0 Å². The summed E-state index contributed by atoms with van der Waals surface area (Å²) < 4.78 is 6.23. The highest BCUT2D eigenvalue weighted by molar-refractivity contribution is 5.28. The maximum absolute atomic E-state index is 9.38. The van der Waals surface area contributed by atoms with Gasteiger partial charge in [-0.2, -0.15) is 0 Å². The number of aryl methyl sites for hydroxylation is 1. The number of phenolic OH excluding ortho intramolecular Hbond substituents is 2. The molecular formula is C19H22O3. The summed E-state index contributed by atoms with van der Waals surface area (Å²) in [5.74, 6) is 0.605. The van der Waals surface area contributed by atoms with Crippen molar-refractivity contribution in [3.05, 3.63) is 59.7 Å². The van der Waals surface area contributed by atoms with Gasteiger partial charge >= 0.3 is 0 Å². The molecule has 3 nitrogen and oxygen atoms in total. The van der Waals surface area contributed by atoms with E-state index in [0.29, 0.717) is 11.5 Å². The van der Waals surface area contributed by atoms with E-state index < -0.39 is 0 Å². The van der Waals surface area contributed by atoms with E-state index in [1.807, 2.05) is 24.3 Å². The van der Waals surface area contributed by atoms with Gasteiger partial charge in [-0.1, -0.05) is 24.3 Å². The zero-order valence-electron chi connectivity index (χ0n) is 12.6. The molecule has 2 aromatic carbocycles. The van der Waals surface area contributed by atoms with Gasteiger partial charge in [-0.3, -0.25) is 0 Å². The van der Waals surface area contributed by atoms with Crippen LogP contribution in [-0.2, 0) is 11.2 Å². The predicted molar refractivity (Wildman–Crippen MR) is 86.0 cm³/mol. The lowest BCUT2D eigenvalue weighted by Gasteiger charge is -2.30. The Labute approximate surface area is 131 Å². The zero-order chi connectivity index (χ0) is 15.4. The van der Waals surface area contributed by atoms with Gasteiger partial charge in [0.2, 0.25) is 0 Å². The highest BCUT2D eigenvalue weighted by Gasteiger charge is 2.23. The van der Waals surface area contributed by atoms with Gasteiger partial charge in [-0.15, -0.1) is 0 Å². The molecule has 2 unspecified atom stereocenters. The summed E-state index contributed by atoms with van der Waals surface area (Å²) in [4.78, 5) is 0. The largest absolute Gasteiger partial charge is 0.508 e. The average molecular weight is 298 g/mol. The monoisotopic (exact) mass is 298 g/mol. The second-order valence-corrected chi connectivity index (χ2v) is 5.97. The fourth-order valence-electron chi connectivity index (χ4n) is 3.04. The lowest BCUT2D eigenvalue weighted by Crippen LogP contribution is -2.23. The van der Waals surface area contributed by atoms with E-state index >= 15 is 0 Å². The maximum Gasteiger partial charge on any atom is 0.115 e. The molecule has 0 radical (unpaired) electrons. The smallest absolute Gasteiger partial charge is 0.115 e. The third kappa shape index (κ3) is 3.80. The minimum Gasteiger partial charge on any atom is -0.508 e. The second-order valence-electron chi connectivity index (χ2n) is 5.97. The molecule has 2 aromatic rings. The van der Waals surface area contributed by atoms with Crippen LogP contribution in [0.2, 0.25) is 0 Å². The minimum absolute atomic E-state index is 0.138. The van der Waals surface area contributed by atoms with Crippen LogP contribution in [0.15, 0.2) is 48.5 Å². The van der Waals surface area contributed by atoms with Crippen LogP contribution in [0, 0.1) is 0 Å². The number of aromatic hydroxyl groups is 2. The number of rotatable bonds is 4. The summed E-state index contributed by atoms with van der Waals surface area (Å²) in [7, 11) is 0. The van der Waals surface area contributed by atoms with Gasteiger partial charge in [0.25, 0.3) is 0 Å². The first kappa shape index (κ1) is 14.9. The van der Waals surface area contributed by atoms with E-state index in [9.17, 15) is 10.2 Å². The Morgan fingerprint density at radius 3 is 2.18 bits per heavy atom. The predicted octanol–water partition coefficient (Wildman–Crippen LogP) is 4.34. The SMILES string of the molecule is Oc1ccc(CCC2CCCC(c3ccc(O)cc3)O2)cc1. The first-order chi connectivity index (χ1) is 10.7. The van der Waals surface area contributed by atoms with Crippen molar-refractivity contribution >= 4 is 0 Å². The molecule has 2 atom stereocenters. The first-order valence-corrected chi connectivity index (χ1v) is 7.93. The molecule has 2 N–H and O–H groups in total. The highest BCUT2D eigenvalue weighted by atomic mass is 16.5. The minimum atomic E-state index is 0.138. The third-order valence-electron chi connectivity index (χ3n) is 4.31. The Balaban J connectivity index is 1.56. The Hall–Kier alpha value is -2.00. The topological polar surface area (TPSA) is 49.7 Å². The van der Waals surface area contributed by atoms with E-state index in [0.717, 1.165) is 31.2 Å². The molecule has 0 aliphatic carbocycles. The number of phenols is 2. The van der Waals surface area contributed by atoms with Crippen molar-refractivity contribution in [2.75, 3.05) is 0 Å². The molecule has 0 amide bonds. The molecule has 1 aliphatic heterocycles. The molecule has 0 bridgehead atoms. The number of ether oxygens (including phenoxy) is 1. The molecule has 116 valence electrons. The van der Waals surface area contributed by atoms with Crippen LogP contribution < -0.4 is 0 Å². The molecule has 1 saturated heterocycles. The van der Waals surface area contributed by atoms with E-state index in [1.54, 1.807) is 24.3 Å². The summed E-state index contributed by atoms with van der Waals surface area (Å²) >= 11 is 0. The maximum atomic E-state index is 9.38. The van der Waals surface area contributed by atoms with E-state index in [2.05, 4.69) is 0 Å². The van der Waals surface area contributed by atoms with Crippen molar-refractivity contribution in [2.45, 2.75) is 44.3 Å². The molecular weight excluding hydrogens is 276 g/mol. The van der Waals surface area contributed by atoms with Crippen LogP contribution in [0.3, 0.4) is 0 Å². The van der Waals surface area contributed by atoms with Crippen LogP contribution in [0.1, 0.15) is 42.9 Å². The van der Waals surface area contributed by atoms with E-state index in [1.165, 1.54) is 12.0 Å². The summed E-state index contributed by atoms with van der Waals surface area (Å²) in [6.45, 7) is 0. The summed E-state index contributed by atoms with van der Waals surface area (Å²) in [5.41, 5.74) is 2.38. The van der Waals surface area contributed by atoms with Crippen molar-refractivity contribution in [2.24, 2.45) is 0 Å². The van der Waals surface area contributed by atoms with Gasteiger partial charge in [0.15, 0.2) is 0 Å². The van der Waals surface area contributed by atoms with Gasteiger partial charge in [-0.05, 0) is 67.5 Å².